The maximum absolute atomic E-state index is 11.8. The van der Waals surface area contributed by atoms with Gasteiger partial charge in [-0.3, -0.25) is 19.2 Å². The fourth-order valence-corrected chi connectivity index (χ4v) is 3.84. The molecule has 1 aliphatic heterocycles. The number of Topliss-reactive ketones (excluding diaryl/α,β-unsaturated/α-hetero) is 1. The van der Waals surface area contributed by atoms with Crippen LogP contribution in [0.25, 0.3) is 0 Å². The van der Waals surface area contributed by atoms with Crippen molar-refractivity contribution in [2.45, 2.75) is 40.0 Å². The van der Waals surface area contributed by atoms with Crippen LogP contribution in [0.1, 0.15) is 41.5 Å². The molecule has 1 fully saturated rings. The summed E-state index contributed by atoms with van der Waals surface area (Å²) in [6.07, 6.45) is 1.65. The van der Waals surface area contributed by atoms with E-state index in [1.54, 1.807) is 6.92 Å². The summed E-state index contributed by atoms with van der Waals surface area (Å²) >= 11 is 0. The number of sulfonamides is 1. The lowest BCUT2D eigenvalue weighted by molar-refractivity contribution is -0.123. The number of carbonyl (C=O) groups excluding carboxylic acids is 2. The second kappa shape index (κ2) is 7.89. The number of likely N-dealkylation sites (tertiary alicyclic amines) is 1. The van der Waals surface area contributed by atoms with Gasteiger partial charge in [0.25, 0.3) is 0 Å². The van der Waals surface area contributed by atoms with E-state index in [-0.39, 0.29) is 31.2 Å². The number of carbonyl (C=O) groups is 2. The fourth-order valence-electron chi connectivity index (χ4n) is 2.31. The third-order valence-corrected chi connectivity index (χ3v) is 5.23. The van der Waals surface area contributed by atoms with Gasteiger partial charge in [-0.25, -0.2) is 8.42 Å². The van der Waals surface area contributed by atoms with Crippen molar-refractivity contribution in [3.63, 3.8) is 0 Å². The minimum atomic E-state index is -3.53. The molecule has 0 bridgehead atoms. The Balaban J connectivity index is 0.00000441. The van der Waals surface area contributed by atoms with E-state index in [4.69, 9.17) is 0 Å². The number of piperidine rings is 1. The van der Waals surface area contributed by atoms with Crippen LogP contribution in [0.2, 0.25) is 0 Å². The summed E-state index contributed by atoms with van der Waals surface area (Å²) in [6.45, 7) is 7.32. The number of nitrogens with one attached hydrogen (secondary N) is 1. The van der Waals surface area contributed by atoms with Gasteiger partial charge in [0.1, 0.15) is 5.78 Å². The molecule has 0 aromatic carbocycles. The van der Waals surface area contributed by atoms with Crippen molar-refractivity contribution in [1.82, 2.24) is 9.62 Å². The van der Waals surface area contributed by atoms with Crippen molar-refractivity contribution < 1.29 is 19.4 Å². The Hall–Kier alpha value is -0.950. The standard InChI is InChI=1S/C14H26N2O4S.H2/c1-4-14(18)15-21(19,20)10-12-5-7-16(8-6-12)9-13(17)11(2)3;/h11-12H,4-10H2,1-3H3,(H,15,18);1H. The normalized spacial score (nSPS) is 17.9. The Morgan fingerprint density at radius 2 is 1.86 bits per heavy atom. The predicted octanol–water partition coefficient (Wildman–Crippen LogP) is 1.03. The number of hydrogen-bond acceptors (Lipinski definition) is 5. The Bertz CT molecular complexity index is 471. The summed E-state index contributed by atoms with van der Waals surface area (Å²) in [5, 5.41) is 0. The van der Waals surface area contributed by atoms with E-state index in [2.05, 4.69) is 9.62 Å². The fraction of sp³-hybridized carbons (Fsp3) is 0.857. The van der Waals surface area contributed by atoms with Gasteiger partial charge >= 0.3 is 0 Å². The van der Waals surface area contributed by atoms with Crippen molar-refractivity contribution in [3.05, 3.63) is 0 Å². The van der Waals surface area contributed by atoms with E-state index in [9.17, 15) is 18.0 Å². The zero-order valence-corrected chi connectivity index (χ0v) is 13.9. The Morgan fingerprint density at radius 3 is 2.33 bits per heavy atom. The van der Waals surface area contributed by atoms with E-state index in [1.165, 1.54) is 0 Å². The van der Waals surface area contributed by atoms with Crippen LogP contribution in [-0.4, -0.2) is 50.4 Å². The third-order valence-electron chi connectivity index (χ3n) is 3.78. The quantitative estimate of drug-likeness (QED) is 0.757. The van der Waals surface area contributed by atoms with Crippen molar-refractivity contribution in [3.8, 4) is 0 Å². The van der Waals surface area contributed by atoms with Crippen molar-refractivity contribution in [2.24, 2.45) is 11.8 Å². The molecule has 1 rings (SSSR count). The van der Waals surface area contributed by atoms with E-state index in [0.717, 1.165) is 25.9 Å². The average Bonchev–Trinajstić information content (AvgIpc) is 2.39. The first kappa shape index (κ1) is 18.1. The smallest absolute Gasteiger partial charge is 0.235 e. The van der Waals surface area contributed by atoms with Crippen LogP contribution in [0.4, 0.5) is 0 Å². The molecule has 1 saturated heterocycles. The molecule has 0 aromatic heterocycles. The van der Waals surface area contributed by atoms with Crippen LogP contribution >= 0.6 is 0 Å². The third kappa shape index (κ3) is 6.56. The maximum Gasteiger partial charge on any atom is 0.235 e. The molecule has 1 amide bonds. The molecule has 0 aliphatic carbocycles. The lowest BCUT2D eigenvalue weighted by Gasteiger charge is -2.31. The molecule has 0 unspecified atom stereocenters. The van der Waals surface area contributed by atoms with Crippen LogP contribution in [0.5, 0.6) is 0 Å². The summed E-state index contributed by atoms with van der Waals surface area (Å²) in [7, 11) is -3.53. The van der Waals surface area contributed by atoms with Crippen molar-refractivity contribution >= 4 is 21.7 Å². The largest absolute Gasteiger partial charge is 0.298 e. The summed E-state index contributed by atoms with van der Waals surface area (Å²) in [5.41, 5.74) is 0. The lowest BCUT2D eigenvalue weighted by Crippen LogP contribution is -2.41. The molecule has 21 heavy (non-hydrogen) atoms. The van der Waals surface area contributed by atoms with Crippen molar-refractivity contribution in [1.29, 1.82) is 0 Å². The molecule has 6 nitrogen and oxygen atoms in total. The van der Waals surface area contributed by atoms with Crippen LogP contribution in [0, 0.1) is 11.8 Å². The predicted molar refractivity (Wildman–Crippen MR) is 83.3 cm³/mol. The first-order chi connectivity index (χ1) is 9.73. The maximum atomic E-state index is 11.8. The first-order valence-corrected chi connectivity index (χ1v) is 9.17. The van der Waals surface area contributed by atoms with E-state index in [0.29, 0.717) is 6.54 Å². The van der Waals surface area contributed by atoms with Gasteiger partial charge < -0.3 is 0 Å². The number of hydrogen-bond donors (Lipinski definition) is 1. The molecular formula is C14H28N2O4S. The molecule has 0 radical (unpaired) electrons. The number of ketones is 1. The first-order valence-electron chi connectivity index (χ1n) is 7.52. The second-order valence-corrected chi connectivity index (χ2v) is 7.77. The van der Waals surface area contributed by atoms with Gasteiger partial charge in [0.05, 0.1) is 12.3 Å². The van der Waals surface area contributed by atoms with E-state index < -0.39 is 15.9 Å². The minimum absolute atomic E-state index is 0. The molecule has 0 aromatic rings. The summed E-state index contributed by atoms with van der Waals surface area (Å²) < 4.78 is 25.7. The van der Waals surface area contributed by atoms with Gasteiger partial charge in [-0.15, -0.1) is 0 Å². The molecule has 0 spiro atoms. The average molecular weight is 320 g/mol. The highest BCUT2D eigenvalue weighted by molar-refractivity contribution is 7.90. The van der Waals surface area contributed by atoms with Gasteiger partial charge in [-0.1, -0.05) is 20.8 Å². The number of amides is 1. The summed E-state index contributed by atoms with van der Waals surface area (Å²) in [5.74, 6) is -0.166. The summed E-state index contributed by atoms with van der Waals surface area (Å²) in [6, 6.07) is 0. The number of rotatable bonds is 7. The van der Waals surface area contributed by atoms with Crippen LogP contribution in [0.3, 0.4) is 0 Å². The zero-order chi connectivity index (χ0) is 16.0. The Labute approximate surface area is 128 Å². The van der Waals surface area contributed by atoms with Gasteiger partial charge in [0.15, 0.2) is 0 Å². The Morgan fingerprint density at radius 1 is 1.29 bits per heavy atom. The monoisotopic (exact) mass is 320 g/mol. The van der Waals surface area contributed by atoms with Gasteiger partial charge in [0.2, 0.25) is 15.9 Å². The summed E-state index contributed by atoms with van der Waals surface area (Å²) in [4.78, 5) is 24.9. The highest BCUT2D eigenvalue weighted by atomic mass is 32.2. The molecule has 1 N–H and O–H groups in total. The number of nitrogens with zero attached hydrogens (tertiary/aromatic N) is 1. The molecule has 1 heterocycles. The van der Waals surface area contributed by atoms with Gasteiger partial charge in [-0.05, 0) is 31.8 Å². The highest BCUT2D eigenvalue weighted by Gasteiger charge is 2.26. The molecule has 1 aliphatic rings. The molecule has 7 heteroatoms. The second-order valence-electron chi connectivity index (χ2n) is 6.00. The van der Waals surface area contributed by atoms with Crippen LogP contribution in [-0.2, 0) is 19.6 Å². The van der Waals surface area contributed by atoms with E-state index >= 15 is 0 Å². The molecule has 0 saturated carbocycles. The van der Waals surface area contributed by atoms with Gasteiger partial charge in [0, 0.05) is 13.8 Å². The molecule has 124 valence electrons. The zero-order valence-electron chi connectivity index (χ0n) is 13.1. The van der Waals surface area contributed by atoms with Gasteiger partial charge in [-0.2, -0.15) is 0 Å². The van der Waals surface area contributed by atoms with Crippen LogP contribution in [0.15, 0.2) is 0 Å². The SMILES string of the molecule is CCC(=O)NS(=O)(=O)CC1CCN(CC(=O)C(C)C)CC1.[HH]. The topological polar surface area (TPSA) is 83.6 Å². The Kier molecular flexibility index (Phi) is 6.80. The molecule has 0 atom stereocenters. The van der Waals surface area contributed by atoms with E-state index in [1.807, 2.05) is 13.8 Å². The lowest BCUT2D eigenvalue weighted by atomic mass is 9.98. The molecular weight excluding hydrogens is 292 g/mol. The van der Waals surface area contributed by atoms with Crippen LogP contribution < -0.4 is 4.72 Å². The minimum Gasteiger partial charge on any atom is -0.298 e. The van der Waals surface area contributed by atoms with Crippen molar-refractivity contribution in [2.75, 3.05) is 25.4 Å². The highest BCUT2D eigenvalue weighted by Crippen LogP contribution is 2.19.